The Balaban J connectivity index is 0.000000189. The van der Waals surface area contributed by atoms with Crippen molar-refractivity contribution in [3.8, 4) is 0 Å². The average molecular weight is 2010 g/mol. The van der Waals surface area contributed by atoms with Crippen LogP contribution in [0.4, 0.5) is 0 Å². The van der Waals surface area contributed by atoms with Crippen molar-refractivity contribution >= 4 is 88.5 Å². The molecule has 6 saturated carbocycles. The number of ether oxygens (including phenoxy) is 6. The number of Topliss-reactive ketones (excluding diaryl/α,β-unsaturated/α-hetero) is 2. The number of aliphatic imine (C=N–C) groups is 1. The Morgan fingerprint density at radius 1 is 0.347 bits per heavy atom. The molecule has 2 heterocycles. The van der Waals surface area contributed by atoms with E-state index in [1.165, 1.54) is 22.3 Å². The fourth-order valence-corrected chi connectivity index (χ4v) is 16.8. The molecule has 788 valence electrons. The molecular weight excluding hydrogens is 1860 g/mol. The van der Waals surface area contributed by atoms with Crippen LogP contribution in [0.15, 0.2) is 248 Å². The van der Waals surface area contributed by atoms with Crippen LogP contribution in [-0.4, -0.2) is 184 Å². The molecule has 0 spiro atoms. The van der Waals surface area contributed by atoms with E-state index in [4.69, 9.17) is 39.1 Å². The normalized spacial score (nSPS) is 16.9. The van der Waals surface area contributed by atoms with E-state index in [2.05, 4.69) is 69.8 Å². The molecule has 0 bridgehead atoms. The number of esters is 6. The minimum atomic E-state index is -0.743. The third-order valence-electron chi connectivity index (χ3n) is 26.8. The molecule has 6 amide bonds. The molecule has 8 aliphatic rings. The summed E-state index contributed by atoms with van der Waals surface area (Å²) in [6.07, 6.45) is 18.9. The minimum absolute atomic E-state index is 0.0194. The zero-order valence-electron chi connectivity index (χ0n) is 87.4. The molecule has 2 aliphatic heterocycles. The van der Waals surface area contributed by atoms with Crippen LogP contribution in [0.2, 0.25) is 0 Å². The van der Waals surface area contributed by atoms with Gasteiger partial charge >= 0.3 is 35.8 Å². The predicted molar refractivity (Wildman–Crippen MR) is 564 cm³/mol. The smallest absolute Gasteiger partial charge is 0.334 e. The van der Waals surface area contributed by atoms with Crippen molar-refractivity contribution < 1.29 is 95.5 Å². The number of carbonyl (C=O) groups excluding carboxylic acids is 14. The van der Waals surface area contributed by atoms with Crippen LogP contribution in [0.1, 0.15) is 261 Å². The molecule has 0 radical (unpaired) electrons. The van der Waals surface area contributed by atoms with Gasteiger partial charge in [-0.05, 0) is 229 Å². The lowest BCUT2D eigenvalue weighted by Gasteiger charge is -2.22. The van der Waals surface area contributed by atoms with Crippen LogP contribution in [-0.2, 0) is 134 Å². The molecule has 6 aliphatic carbocycles. The summed E-state index contributed by atoms with van der Waals surface area (Å²) in [6.45, 7) is 22.3. The van der Waals surface area contributed by atoms with Crippen molar-refractivity contribution in [3.63, 3.8) is 0 Å². The molecule has 0 aromatic heterocycles. The van der Waals surface area contributed by atoms with E-state index in [0.717, 1.165) is 124 Å². The third kappa shape index (κ3) is 37.7. The highest BCUT2D eigenvalue weighted by Gasteiger charge is 2.57. The molecule has 8 fully saturated rings. The maximum atomic E-state index is 12.4. The Labute approximate surface area is 867 Å². The van der Waals surface area contributed by atoms with Gasteiger partial charge in [0.1, 0.15) is 27.7 Å². The molecular formula is C119H152N8O20. The number of amides is 6. The second-order valence-corrected chi connectivity index (χ2v) is 38.3. The van der Waals surface area contributed by atoms with Gasteiger partial charge < -0.3 is 65.2 Å². The highest BCUT2D eigenvalue weighted by Crippen LogP contribution is 2.44. The van der Waals surface area contributed by atoms with Crippen molar-refractivity contribution in [2.24, 2.45) is 28.5 Å². The lowest BCUT2D eigenvalue weighted by atomic mass is 9.96. The second kappa shape index (κ2) is 59.2. The Bertz CT molecular complexity index is 5290. The molecule has 6 N–H and O–H groups in total. The molecule has 8 aromatic carbocycles. The first-order valence-electron chi connectivity index (χ1n) is 52.6. The number of rotatable bonds is 43. The lowest BCUT2D eigenvalue weighted by Crippen LogP contribution is -2.46. The second-order valence-electron chi connectivity index (χ2n) is 38.3. The molecule has 28 heteroatoms. The number of ketones is 2. The van der Waals surface area contributed by atoms with Crippen molar-refractivity contribution in [1.29, 1.82) is 0 Å². The van der Waals surface area contributed by atoms with Crippen molar-refractivity contribution in [2.45, 2.75) is 295 Å². The average Bonchev–Trinajstić information content (AvgIpc) is 1.63. The van der Waals surface area contributed by atoms with E-state index < -0.39 is 33.2 Å². The first kappa shape index (κ1) is 117. The number of nitrogens with two attached hydrogens (primary N) is 1. The summed E-state index contributed by atoms with van der Waals surface area (Å²) < 4.78 is 30.1. The maximum Gasteiger partial charge on any atom is 0.334 e. The summed E-state index contributed by atoms with van der Waals surface area (Å²) in [5.41, 5.74) is 11.2. The van der Waals surface area contributed by atoms with Gasteiger partial charge in [0.25, 0.3) is 0 Å². The standard InChI is InChI=1S/C19H19NO2.3C18H25NO3.C16H21NO3.C13H15NO2.C11H11NO2.C6H11NO2/c1-2-22-18(21)19(13-14-19)20-17(15-9-5-3-6-10-15)16-11-7-4-8-12-16;3*1-3-15(11-10-14-8-6-5-7-9-14)16(20)19-18(12-13-18)17(21)22-4-2;1-2-20-15(19)16(11-12-16)17-14(18)10-6-9-13-7-4-3-5-8-13;1-2-11-12(15)8-13(16)14(11)9-10-6-4-3-5-7-10;13-10-6-11(14)12(8-10)7-9-4-2-1-3-5-9;1-2-9-5(8)6(7)3-4-6/h3-12H,2,13-14H2,1H3;3*5-9,15H,3-4,10-13H2,1-2H3,(H,19,20);3-5,7-8H,2,6,9-12H2,1H3,(H,17,18);3-7,11H,2,8-9H2,1H3;1-5H,6-8H2;2-4,7H2,1H3/t;2*15-;;;11-;;/m.10..1../s1. The summed E-state index contributed by atoms with van der Waals surface area (Å²) in [5, 5.41) is 11.6. The fraction of sp³-hybridized carbons (Fsp3) is 0.471. The van der Waals surface area contributed by atoms with E-state index in [1.54, 1.807) is 44.4 Å². The zero-order chi connectivity index (χ0) is 106. The molecule has 2 saturated heterocycles. The monoisotopic (exact) mass is 2010 g/mol. The SMILES string of the molecule is CCOC(=O)C1(N)CC1.CCOC(=O)C1(N=C(c2ccccc2)c2ccccc2)CC1.CCOC(=O)C1(NC(=O)C(CC)CCc2ccccc2)CC1.CCOC(=O)C1(NC(=O)CCCc2ccccc2)CC1.CCOC(=O)C1(NC(=O)[C@@H](CC)CCc2ccccc2)CC1.CCOC(=O)C1(NC(=O)[C@H](CC)CCc2ccccc2)CC1.CC[C@@H]1C(=O)CC(=O)N1Cc1ccccc1.O=C1CC(=O)N(Cc2ccccc2)C1. The number of likely N-dealkylation sites (tertiary alicyclic amines) is 2. The molecule has 28 nitrogen and oxygen atoms in total. The first-order chi connectivity index (χ1) is 70.9. The van der Waals surface area contributed by atoms with E-state index >= 15 is 0 Å². The Hall–Kier alpha value is -13.6. The Morgan fingerprint density at radius 2 is 0.646 bits per heavy atom. The van der Waals surface area contributed by atoms with Gasteiger partial charge in [0.15, 0.2) is 17.1 Å². The summed E-state index contributed by atoms with van der Waals surface area (Å²) in [7, 11) is 0. The van der Waals surface area contributed by atoms with Gasteiger partial charge in [-0.1, -0.05) is 270 Å². The van der Waals surface area contributed by atoms with Gasteiger partial charge in [-0.25, -0.2) is 24.0 Å². The summed E-state index contributed by atoms with van der Waals surface area (Å²) in [5.74, 6) is -1.96. The zero-order valence-corrected chi connectivity index (χ0v) is 87.4. The van der Waals surface area contributed by atoms with Crippen molar-refractivity contribution in [3.05, 3.63) is 287 Å². The number of hydrogen-bond acceptors (Lipinski definition) is 22. The number of carbonyl (C=O) groups is 14. The highest BCUT2D eigenvalue weighted by atomic mass is 16.6. The summed E-state index contributed by atoms with van der Waals surface area (Å²) in [4.78, 5) is 173. The number of benzene rings is 8. The summed E-state index contributed by atoms with van der Waals surface area (Å²) >= 11 is 0. The first-order valence-corrected chi connectivity index (χ1v) is 52.6. The van der Waals surface area contributed by atoms with Gasteiger partial charge in [0, 0.05) is 48.4 Å². The van der Waals surface area contributed by atoms with Crippen molar-refractivity contribution in [2.75, 3.05) is 46.2 Å². The van der Waals surface area contributed by atoms with Crippen molar-refractivity contribution in [1.82, 2.24) is 31.1 Å². The van der Waals surface area contributed by atoms with Crippen LogP contribution in [0.5, 0.6) is 0 Å². The third-order valence-corrected chi connectivity index (χ3v) is 26.8. The summed E-state index contributed by atoms with van der Waals surface area (Å²) in [6, 6.07) is 79.8. The van der Waals surface area contributed by atoms with E-state index in [-0.39, 0.29) is 126 Å². The minimum Gasteiger partial charge on any atom is -0.465 e. The molecule has 147 heavy (non-hydrogen) atoms. The van der Waals surface area contributed by atoms with E-state index in [1.807, 2.05) is 229 Å². The van der Waals surface area contributed by atoms with Crippen LogP contribution >= 0.6 is 0 Å². The predicted octanol–water partition coefficient (Wildman–Crippen LogP) is 17.2. The van der Waals surface area contributed by atoms with E-state index in [0.29, 0.717) is 117 Å². The molecule has 4 atom stereocenters. The maximum absolute atomic E-state index is 12.4. The Morgan fingerprint density at radius 3 is 0.939 bits per heavy atom. The number of hydrogen-bond donors (Lipinski definition) is 5. The molecule has 1 unspecified atom stereocenters. The van der Waals surface area contributed by atoms with Gasteiger partial charge in [0.2, 0.25) is 35.4 Å². The molecule has 16 rings (SSSR count). The number of aryl methyl sites for hydroxylation is 4. The quantitative estimate of drug-likeness (QED) is 0.0103. The Kier molecular flexibility index (Phi) is 47.1. The van der Waals surface area contributed by atoms with E-state index in [9.17, 15) is 67.1 Å². The van der Waals surface area contributed by atoms with Gasteiger partial charge in [-0.3, -0.25) is 48.1 Å². The molecule has 8 aromatic rings. The van der Waals surface area contributed by atoms with Gasteiger partial charge in [-0.2, -0.15) is 0 Å². The van der Waals surface area contributed by atoms with Crippen LogP contribution in [0, 0.1) is 17.8 Å². The van der Waals surface area contributed by atoms with Gasteiger partial charge in [-0.15, -0.1) is 0 Å². The highest BCUT2D eigenvalue weighted by molar-refractivity contribution is 6.14. The topological polar surface area (TPSA) is 387 Å². The van der Waals surface area contributed by atoms with Gasteiger partial charge in [0.05, 0.1) is 70.8 Å². The largest absolute Gasteiger partial charge is 0.465 e. The number of nitrogens with zero attached hydrogens (tertiary/aromatic N) is 3. The lowest BCUT2D eigenvalue weighted by molar-refractivity contribution is -0.149. The van der Waals surface area contributed by atoms with Crippen LogP contribution in [0.25, 0.3) is 0 Å². The fourth-order valence-electron chi connectivity index (χ4n) is 16.8. The number of nitrogens with one attached hydrogen (secondary N) is 4. The van der Waals surface area contributed by atoms with Crippen LogP contribution in [0.3, 0.4) is 0 Å². The van der Waals surface area contributed by atoms with Crippen LogP contribution < -0.4 is 27.0 Å².